The van der Waals surface area contributed by atoms with Crippen molar-refractivity contribution in [3.8, 4) is 0 Å². The molecule has 140 valence electrons. The fourth-order valence-corrected chi connectivity index (χ4v) is 3.50. The molecular weight excluding hydrogens is 369 g/mol. The summed E-state index contributed by atoms with van der Waals surface area (Å²) < 4.78 is 66.3. The minimum atomic E-state index is -4.24. The minimum absolute atomic E-state index is 0.307. The molecule has 0 bridgehead atoms. The van der Waals surface area contributed by atoms with Gasteiger partial charge in [0.1, 0.15) is 10.7 Å². The van der Waals surface area contributed by atoms with E-state index in [9.17, 15) is 26.4 Å². The zero-order valence-corrected chi connectivity index (χ0v) is 14.8. The Balaban J connectivity index is 2.07. The van der Waals surface area contributed by atoms with Crippen molar-refractivity contribution in [2.24, 2.45) is 0 Å². The highest BCUT2D eigenvalue weighted by molar-refractivity contribution is 7.89. The number of benzene rings is 2. The number of hydrogen-bond donors (Lipinski definition) is 2. The lowest BCUT2D eigenvalue weighted by atomic mass is 10.1. The van der Waals surface area contributed by atoms with Gasteiger partial charge in [0.25, 0.3) is 0 Å². The predicted molar refractivity (Wildman–Crippen MR) is 89.1 cm³/mol. The van der Waals surface area contributed by atoms with Crippen LogP contribution >= 0.6 is 0 Å². The lowest BCUT2D eigenvalue weighted by Crippen LogP contribution is -2.45. The number of sulfonamides is 1. The number of carbonyl (C=O) groups excluding carboxylic acids is 1. The molecule has 2 aromatic rings. The van der Waals surface area contributed by atoms with Crippen molar-refractivity contribution in [3.63, 3.8) is 0 Å². The van der Waals surface area contributed by atoms with Gasteiger partial charge in [-0.1, -0.05) is 18.2 Å². The van der Waals surface area contributed by atoms with Crippen LogP contribution in [0.15, 0.2) is 47.4 Å². The van der Waals surface area contributed by atoms with E-state index < -0.39 is 50.4 Å². The summed E-state index contributed by atoms with van der Waals surface area (Å²) in [6.45, 7) is 2.81. The number of nitrogens with one attached hydrogen (secondary N) is 2. The number of amides is 1. The zero-order chi connectivity index (χ0) is 19.5. The lowest BCUT2D eigenvalue weighted by Gasteiger charge is -2.19. The summed E-state index contributed by atoms with van der Waals surface area (Å²) in [5.41, 5.74) is 0.307. The van der Waals surface area contributed by atoms with Crippen molar-refractivity contribution >= 4 is 15.9 Å². The highest BCUT2D eigenvalue weighted by Gasteiger charge is 2.25. The van der Waals surface area contributed by atoms with Gasteiger partial charge in [-0.15, -0.1) is 0 Å². The Morgan fingerprint density at radius 1 is 0.962 bits per heavy atom. The van der Waals surface area contributed by atoms with Gasteiger partial charge in [0.05, 0.1) is 12.1 Å². The molecule has 0 heterocycles. The van der Waals surface area contributed by atoms with Gasteiger partial charge < -0.3 is 5.32 Å². The molecule has 2 atom stereocenters. The number of rotatable bonds is 6. The quantitative estimate of drug-likeness (QED) is 0.802. The molecule has 0 fully saturated rings. The maximum Gasteiger partial charge on any atom is 0.244 e. The van der Waals surface area contributed by atoms with Crippen LogP contribution < -0.4 is 10.0 Å². The van der Waals surface area contributed by atoms with Crippen LogP contribution in [0.3, 0.4) is 0 Å². The molecule has 0 radical (unpaired) electrons. The molecule has 9 heteroatoms. The summed E-state index contributed by atoms with van der Waals surface area (Å²) in [5.74, 6) is -3.72. The van der Waals surface area contributed by atoms with Crippen LogP contribution in [-0.4, -0.2) is 20.4 Å². The van der Waals surface area contributed by atoms with Gasteiger partial charge in [-0.05, 0) is 43.7 Å². The molecule has 0 saturated heterocycles. The normalized spacial score (nSPS) is 13.9. The molecule has 0 saturated carbocycles. The van der Waals surface area contributed by atoms with Crippen LogP contribution in [0.1, 0.15) is 25.5 Å². The van der Waals surface area contributed by atoms with E-state index in [0.717, 1.165) is 24.3 Å². The van der Waals surface area contributed by atoms with Gasteiger partial charge in [-0.25, -0.2) is 21.6 Å². The first-order valence-corrected chi connectivity index (χ1v) is 9.12. The second-order valence-corrected chi connectivity index (χ2v) is 7.36. The van der Waals surface area contributed by atoms with Gasteiger partial charge in [0.2, 0.25) is 15.9 Å². The van der Waals surface area contributed by atoms with E-state index in [-0.39, 0.29) is 0 Å². The maximum absolute atomic E-state index is 13.7. The molecule has 2 aromatic carbocycles. The van der Waals surface area contributed by atoms with Gasteiger partial charge in [-0.2, -0.15) is 4.72 Å². The highest BCUT2D eigenvalue weighted by atomic mass is 32.2. The van der Waals surface area contributed by atoms with Gasteiger partial charge in [0.15, 0.2) is 11.6 Å². The van der Waals surface area contributed by atoms with Crippen LogP contribution in [-0.2, 0) is 14.8 Å². The van der Waals surface area contributed by atoms with Crippen LogP contribution in [0, 0.1) is 17.5 Å². The highest BCUT2D eigenvalue weighted by Crippen LogP contribution is 2.17. The predicted octanol–water partition coefficient (Wildman–Crippen LogP) is 2.65. The third kappa shape index (κ3) is 4.61. The lowest BCUT2D eigenvalue weighted by molar-refractivity contribution is -0.123. The average molecular weight is 386 g/mol. The van der Waals surface area contributed by atoms with Gasteiger partial charge in [-0.3, -0.25) is 4.79 Å². The third-order valence-electron chi connectivity index (χ3n) is 3.65. The minimum Gasteiger partial charge on any atom is -0.348 e. The van der Waals surface area contributed by atoms with Crippen LogP contribution in [0.2, 0.25) is 0 Å². The molecule has 5 nitrogen and oxygen atoms in total. The Morgan fingerprint density at radius 2 is 1.62 bits per heavy atom. The molecule has 0 spiro atoms. The van der Waals surface area contributed by atoms with E-state index in [1.165, 1.54) is 32.0 Å². The second kappa shape index (κ2) is 7.88. The monoisotopic (exact) mass is 386 g/mol. The van der Waals surface area contributed by atoms with Crippen LogP contribution in [0.4, 0.5) is 13.2 Å². The van der Waals surface area contributed by atoms with E-state index in [4.69, 9.17) is 0 Å². The molecule has 0 aromatic heterocycles. The number of carbonyl (C=O) groups is 1. The van der Waals surface area contributed by atoms with Crippen molar-refractivity contribution in [3.05, 3.63) is 65.5 Å². The molecule has 0 aliphatic heterocycles. The summed E-state index contributed by atoms with van der Waals surface area (Å²) >= 11 is 0. The number of hydrogen-bond acceptors (Lipinski definition) is 3. The summed E-state index contributed by atoms with van der Waals surface area (Å²) in [6, 6.07) is 6.02. The molecule has 0 unspecified atom stereocenters. The molecule has 1 amide bonds. The van der Waals surface area contributed by atoms with Crippen molar-refractivity contribution in [1.82, 2.24) is 10.0 Å². The first kappa shape index (κ1) is 19.9. The third-order valence-corrected chi connectivity index (χ3v) is 5.23. The Labute approximate surface area is 149 Å². The summed E-state index contributed by atoms with van der Waals surface area (Å²) in [5, 5.41) is 2.48. The smallest absolute Gasteiger partial charge is 0.244 e. The summed E-state index contributed by atoms with van der Waals surface area (Å²) in [4.78, 5) is 11.6. The fraction of sp³-hybridized carbons (Fsp3) is 0.235. The second-order valence-electron chi connectivity index (χ2n) is 5.68. The summed E-state index contributed by atoms with van der Waals surface area (Å²) in [7, 11) is -4.24. The first-order valence-electron chi connectivity index (χ1n) is 7.64. The van der Waals surface area contributed by atoms with Gasteiger partial charge in [0, 0.05) is 0 Å². The molecule has 0 aliphatic rings. The van der Waals surface area contributed by atoms with Crippen molar-refractivity contribution in [1.29, 1.82) is 0 Å². The standard InChI is InChI=1S/C17H17F3N2O3S/c1-10(12-7-8-13(18)15(20)9-12)21-17(23)11(2)22-26(24,25)16-6-4-3-5-14(16)19/h3-11,22H,1-2H3,(H,21,23)/t10-,11-/m1/s1. The van der Waals surface area contributed by atoms with E-state index in [0.29, 0.717) is 5.56 Å². The van der Waals surface area contributed by atoms with E-state index in [1.54, 1.807) is 0 Å². The van der Waals surface area contributed by atoms with Gasteiger partial charge >= 0.3 is 0 Å². The SMILES string of the molecule is C[C@@H](NS(=O)(=O)c1ccccc1F)C(=O)N[C@H](C)c1ccc(F)c(F)c1. The Kier molecular flexibility index (Phi) is 6.04. The topological polar surface area (TPSA) is 75.3 Å². The Hall–Kier alpha value is -2.39. The van der Waals surface area contributed by atoms with Crippen LogP contribution in [0.25, 0.3) is 0 Å². The summed E-state index contributed by atoms with van der Waals surface area (Å²) in [6.07, 6.45) is 0. The molecular formula is C17H17F3N2O3S. The first-order chi connectivity index (χ1) is 12.1. The van der Waals surface area contributed by atoms with Crippen molar-refractivity contribution in [2.75, 3.05) is 0 Å². The van der Waals surface area contributed by atoms with E-state index in [2.05, 4.69) is 10.0 Å². The average Bonchev–Trinajstić information content (AvgIpc) is 2.57. The van der Waals surface area contributed by atoms with E-state index >= 15 is 0 Å². The Morgan fingerprint density at radius 3 is 2.23 bits per heavy atom. The van der Waals surface area contributed by atoms with E-state index in [1.807, 2.05) is 0 Å². The maximum atomic E-state index is 13.7. The van der Waals surface area contributed by atoms with Crippen molar-refractivity contribution < 1.29 is 26.4 Å². The molecule has 26 heavy (non-hydrogen) atoms. The molecule has 2 rings (SSSR count). The Bertz CT molecular complexity index is 919. The molecule has 2 N–H and O–H groups in total. The molecule has 0 aliphatic carbocycles. The van der Waals surface area contributed by atoms with Crippen molar-refractivity contribution in [2.45, 2.75) is 30.8 Å². The fourth-order valence-electron chi connectivity index (χ4n) is 2.22. The number of halogens is 3. The van der Waals surface area contributed by atoms with Crippen LogP contribution in [0.5, 0.6) is 0 Å². The zero-order valence-electron chi connectivity index (χ0n) is 14.0. The largest absolute Gasteiger partial charge is 0.348 e.